The van der Waals surface area contributed by atoms with Crippen molar-refractivity contribution in [1.29, 1.82) is 0 Å². The average Bonchev–Trinajstić information content (AvgIpc) is 3.13. The summed E-state index contributed by atoms with van der Waals surface area (Å²) in [6.07, 6.45) is 3.60. The van der Waals surface area contributed by atoms with Gasteiger partial charge in [-0.25, -0.2) is 4.79 Å². The standard InChI is InChI=1S/C21H21N3O3/c1-24-14-18(13-22-24)21(26)27-15-20(25)23-19(17-10-6-3-7-11-17)12-16-8-4-2-5-9-16/h2-11,13-14,19H,12,15H2,1H3,(H,23,25). The number of hydrogen-bond acceptors (Lipinski definition) is 4. The summed E-state index contributed by atoms with van der Waals surface area (Å²) in [6, 6.07) is 19.4. The summed E-state index contributed by atoms with van der Waals surface area (Å²) in [5.74, 6) is -0.922. The zero-order valence-electron chi connectivity index (χ0n) is 15.0. The molecule has 0 saturated carbocycles. The van der Waals surface area contributed by atoms with Crippen LogP contribution in [0.25, 0.3) is 0 Å². The molecular weight excluding hydrogens is 342 g/mol. The summed E-state index contributed by atoms with van der Waals surface area (Å²) < 4.78 is 6.59. The molecule has 1 atom stereocenters. The second-order valence-electron chi connectivity index (χ2n) is 6.20. The maximum absolute atomic E-state index is 12.3. The molecule has 6 nitrogen and oxygen atoms in total. The third-order valence-electron chi connectivity index (χ3n) is 4.09. The van der Waals surface area contributed by atoms with Gasteiger partial charge in [-0.15, -0.1) is 0 Å². The van der Waals surface area contributed by atoms with Crippen molar-refractivity contribution < 1.29 is 14.3 Å². The van der Waals surface area contributed by atoms with E-state index >= 15 is 0 Å². The van der Waals surface area contributed by atoms with Gasteiger partial charge in [0, 0.05) is 13.2 Å². The molecule has 138 valence electrons. The summed E-state index contributed by atoms with van der Waals surface area (Å²) >= 11 is 0. The fourth-order valence-corrected chi connectivity index (χ4v) is 2.76. The van der Waals surface area contributed by atoms with Crippen molar-refractivity contribution in [2.24, 2.45) is 7.05 Å². The normalized spacial score (nSPS) is 11.6. The Hall–Kier alpha value is -3.41. The lowest BCUT2D eigenvalue weighted by atomic mass is 9.99. The number of aryl methyl sites for hydroxylation is 1. The Morgan fingerprint density at radius 3 is 2.37 bits per heavy atom. The van der Waals surface area contributed by atoms with Gasteiger partial charge in [-0.3, -0.25) is 9.48 Å². The van der Waals surface area contributed by atoms with Gasteiger partial charge in [-0.1, -0.05) is 60.7 Å². The van der Waals surface area contributed by atoms with Crippen molar-refractivity contribution in [3.8, 4) is 0 Å². The zero-order valence-corrected chi connectivity index (χ0v) is 15.0. The number of aromatic nitrogens is 2. The van der Waals surface area contributed by atoms with Gasteiger partial charge in [0.2, 0.25) is 0 Å². The van der Waals surface area contributed by atoms with Gasteiger partial charge in [-0.05, 0) is 17.5 Å². The lowest BCUT2D eigenvalue weighted by molar-refractivity contribution is -0.125. The predicted molar refractivity (Wildman–Crippen MR) is 101 cm³/mol. The van der Waals surface area contributed by atoms with Gasteiger partial charge < -0.3 is 10.1 Å². The van der Waals surface area contributed by atoms with Crippen molar-refractivity contribution in [3.05, 3.63) is 89.7 Å². The summed E-state index contributed by atoms with van der Waals surface area (Å²) in [6.45, 7) is -0.341. The molecule has 0 fully saturated rings. The van der Waals surface area contributed by atoms with Gasteiger partial charge in [0.1, 0.15) is 0 Å². The highest BCUT2D eigenvalue weighted by atomic mass is 16.5. The molecule has 1 heterocycles. The van der Waals surface area contributed by atoms with E-state index in [0.29, 0.717) is 12.0 Å². The number of carbonyl (C=O) groups is 2. The molecule has 0 saturated heterocycles. The molecule has 2 aromatic carbocycles. The Morgan fingerprint density at radius 1 is 1.07 bits per heavy atom. The Morgan fingerprint density at radius 2 is 1.74 bits per heavy atom. The number of nitrogens with one attached hydrogen (secondary N) is 1. The number of amides is 1. The monoisotopic (exact) mass is 363 g/mol. The van der Waals surface area contributed by atoms with Crippen LogP contribution >= 0.6 is 0 Å². The first-order valence-corrected chi connectivity index (χ1v) is 8.66. The van der Waals surface area contributed by atoms with Crippen molar-refractivity contribution in [3.63, 3.8) is 0 Å². The SMILES string of the molecule is Cn1cc(C(=O)OCC(=O)NC(Cc2ccccc2)c2ccccc2)cn1. The van der Waals surface area contributed by atoms with Gasteiger partial charge in [0.05, 0.1) is 17.8 Å². The number of rotatable bonds is 7. The first-order chi connectivity index (χ1) is 13.1. The van der Waals surface area contributed by atoms with Crippen LogP contribution in [0.15, 0.2) is 73.1 Å². The van der Waals surface area contributed by atoms with Crippen LogP contribution in [-0.2, 0) is 23.0 Å². The molecule has 0 spiro atoms. The first kappa shape index (κ1) is 18.4. The minimum absolute atomic E-state index is 0.210. The molecular formula is C21H21N3O3. The van der Waals surface area contributed by atoms with Crippen LogP contribution < -0.4 is 5.32 Å². The molecule has 6 heteroatoms. The lowest BCUT2D eigenvalue weighted by Gasteiger charge is -2.19. The van der Waals surface area contributed by atoms with Gasteiger partial charge in [0.25, 0.3) is 5.91 Å². The van der Waals surface area contributed by atoms with E-state index in [9.17, 15) is 9.59 Å². The smallest absolute Gasteiger partial charge is 0.341 e. The fourth-order valence-electron chi connectivity index (χ4n) is 2.76. The van der Waals surface area contributed by atoms with E-state index in [1.165, 1.54) is 10.9 Å². The predicted octanol–water partition coefficient (Wildman–Crippen LogP) is 2.68. The zero-order chi connectivity index (χ0) is 19.1. The highest BCUT2D eigenvalue weighted by Crippen LogP contribution is 2.18. The second-order valence-corrected chi connectivity index (χ2v) is 6.20. The maximum atomic E-state index is 12.3. The van der Waals surface area contributed by atoms with Crippen molar-refractivity contribution >= 4 is 11.9 Å². The second kappa shape index (κ2) is 8.80. The minimum Gasteiger partial charge on any atom is -0.452 e. The number of hydrogen-bond donors (Lipinski definition) is 1. The molecule has 0 bridgehead atoms. The first-order valence-electron chi connectivity index (χ1n) is 8.66. The molecule has 0 aliphatic carbocycles. The molecule has 0 aliphatic heterocycles. The molecule has 1 amide bonds. The van der Waals surface area contributed by atoms with E-state index in [2.05, 4.69) is 10.4 Å². The molecule has 27 heavy (non-hydrogen) atoms. The van der Waals surface area contributed by atoms with E-state index in [1.54, 1.807) is 13.2 Å². The largest absolute Gasteiger partial charge is 0.452 e. The van der Waals surface area contributed by atoms with Crippen molar-refractivity contribution in [2.75, 3.05) is 6.61 Å². The van der Waals surface area contributed by atoms with Crippen molar-refractivity contribution in [2.45, 2.75) is 12.5 Å². The van der Waals surface area contributed by atoms with Crippen LogP contribution in [0.4, 0.5) is 0 Å². The topological polar surface area (TPSA) is 73.2 Å². The Labute approximate surface area is 157 Å². The summed E-state index contributed by atoms with van der Waals surface area (Å²) in [5, 5.41) is 6.87. The highest BCUT2D eigenvalue weighted by molar-refractivity contribution is 5.90. The molecule has 0 radical (unpaired) electrons. The van der Waals surface area contributed by atoms with Crippen LogP contribution in [-0.4, -0.2) is 28.3 Å². The third-order valence-corrected chi connectivity index (χ3v) is 4.09. The van der Waals surface area contributed by atoms with Gasteiger partial charge in [0.15, 0.2) is 6.61 Å². The maximum Gasteiger partial charge on any atom is 0.341 e. The molecule has 3 aromatic rings. The molecule has 3 rings (SSSR count). The van der Waals surface area contributed by atoms with Crippen LogP contribution in [0.5, 0.6) is 0 Å². The van der Waals surface area contributed by atoms with Gasteiger partial charge in [-0.2, -0.15) is 5.10 Å². The summed E-state index contributed by atoms with van der Waals surface area (Å²) in [5.41, 5.74) is 2.42. The Kier molecular flexibility index (Phi) is 5.99. The van der Waals surface area contributed by atoms with E-state index in [1.807, 2.05) is 60.7 Å². The Bertz CT molecular complexity index is 891. The van der Waals surface area contributed by atoms with E-state index in [-0.39, 0.29) is 18.6 Å². The lowest BCUT2D eigenvalue weighted by Crippen LogP contribution is -2.33. The van der Waals surface area contributed by atoms with Crippen LogP contribution in [0.3, 0.4) is 0 Å². The van der Waals surface area contributed by atoms with Crippen LogP contribution in [0.2, 0.25) is 0 Å². The number of carbonyl (C=O) groups excluding carboxylic acids is 2. The molecule has 1 N–H and O–H groups in total. The summed E-state index contributed by atoms with van der Waals surface area (Å²) in [4.78, 5) is 24.3. The van der Waals surface area contributed by atoms with E-state index < -0.39 is 5.97 Å². The van der Waals surface area contributed by atoms with Crippen molar-refractivity contribution in [1.82, 2.24) is 15.1 Å². The third kappa shape index (κ3) is 5.28. The fraction of sp³-hybridized carbons (Fsp3) is 0.190. The number of benzene rings is 2. The highest BCUT2D eigenvalue weighted by Gasteiger charge is 2.17. The van der Waals surface area contributed by atoms with Gasteiger partial charge >= 0.3 is 5.97 Å². The molecule has 1 aromatic heterocycles. The van der Waals surface area contributed by atoms with E-state index in [0.717, 1.165) is 11.1 Å². The molecule has 0 aliphatic rings. The number of ether oxygens (including phenoxy) is 1. The van der Waals surface area contributed by atoms with Crippen LogP contribution in [0.1, 0.15) is 27.5 Å². The van der Waals surface area contributed by atoms with Crippen LogP contribution in [0, 0.1) is 0 Å². The minimum atomic E-state index is -0.572. The number of esters is 1. The average molecular weight is 363 g/mol. The Balaban J connectivity index is 1.62. The number of nitrogens with zero attached hydrogens (tertiary/aromatic N) is 2. The quantitative estimate of drug-likeness (QED) is 0.655. The summed E-state index contributed by atoms with van der Waals surface area (Å²) in [7, 11) is 1.71. The molecule has 1 unspecified atom stereocenters. The van der Waals surface area contributed by atoms with E-state index in [4.69, 9.17) is 4.74 Å².